The van der Waals surface area contributed by atoms with Crippen molar-refractivity contribution >= 4 is 38.9 Å². The van der Waals surface area contributed by atoms with Gasteiger partial charge in [0.15, 0.2) is 0 Å². The Morgan fingerprint density at radius 2 is 2.14 bits per heavy atom. The van der Waals surface area contributed by atoms with Crippen LogP contribution in [-0.4, -0.2) is 41.7 Å². The highest BCUT2D eigenvalue weighted by Crippen LogP contribution is 2.44. The van der Waals surface area contributed by atoms with Crippen LogP contribution in [0.3, 0.4) is 0 Å². The molecule has 8 nitrogen and oxygen atoms in total. The summed E-state index contributed by atoms with van der Waals surface area (Å²) in [5.41, 5.74) is 5.50. The predicted molar refractivity (Wildman–Crippen MR) is 109 cm³/mol. The first-order valence-corrected chi connectivity index (χ1v) is 11.1. The van der Waals surface area contributed by atoms with Gasteiger partial charge in [-0.3, -0.25) is 0 Å². The summed E-state index contributed by atoms with van der Waals surface area (Å²) in [6, 6.07) is 6.14. The lowest BCUT2D eigenvalue weighted by atomic mass is 10.0. The van der Waals surface area contributed by atoms with Gasteiger partial charge in [0.25, 0.3) is 0 Å². The largest absolute Gasteiger partial charge is 0.423 e. The van der Waals surface area contributed by atoms with E-state index in [2.05, 4.69) is 15.2 Å². The zero-order valence-electron chi connectivity index (χ0n) is 15.3. The van der Waals surface area contributed by atoms with Gasteiger partial charge in [0.2, 0.25) is 28.3 Å². The van der Waals surface area contributed by atoms with E-state index in [4.69, 9.17) is 21.8 Å². The Kier molecular flexibility index (Phi) is 4.63. The van der Waals surface area contributed by atoms with Crippen LogP contribution in [0.4, 0.5) is 4.39 Å². The number of sulfonamides is 1. The summed E-state index contributed by atoms with van der Waals surface area (Å²) in [6.07, 6.45) is 1.12. The van der Waals surface area contributed by atoms with Crippen LogP contribution in [0.1, 0.15) is 11.8 Å². The third-order valence-electron chi connectivity index (χ3n) is 4.58. The molecular formula is C17H15ClFN5O3S2. The van der Waals surface area contributed by atoms with E-state index < -0.39 is 21.4 Å². The van der Waals surface area contributed by atoms with Crippen LogP contribution in [0.2, 0.25) is 5.02 Å². The summed E-state index contributed by atoms with van der Waals surface area (Å²) < 4.78 is 45.1. The molecule has 0 amide bonds. The molecule has 3 heterocycles. The Morgan fingerprint density at radius 1 is 1.38 bits per heavy atom. The number of hydrogen-bond donors (Lipinski definition) is 1. The van der Waals surface area contributed by atoms with Crippen LogP contribution in [0.15, 0.2) is 40.1 Å². The molecular weight excluding hydrogens is 441 g/mol. The first kappa shape index (κ1) is 19.8. The lowest BCUT2D eigenvalue weighted by molar-refractivity contribution is 0.482. The minimum Gasteiger partial charge on any atom is -0.423 e. The summed E-state index contributed by atoms with van der Waals surface area (Å²) in [5.74, 6) is -0.831. The van der Waals surface area contributed by atoms with E-state index in [1.807, 2.05) is 0 Å². The van der Waals surface area contributed by atoms with Crippen molar-refractivity contribution in [3.05, 3.63) is 46.4 Å². The number of halogens is 2. The topological polar surface area (TPSA) is 115 Å². The van der Waals surface area contributed by atoms with Crippen molar-refractivity contribution in [1.82, 2.24) is 14.5 Å². The van der Waals surface area contributed by atoms with Crippen LogP contribution in [0.25, 0.3) is 21.9 Å². The Bertz CT molecular complexity index is 1230. The minimum absolute atomic E-state index is 0.0537. The van der Waals surface area contributed by atoms with E-state index in [-0.39, 0.29) is 23.2 Å². The van der Waals surface area contributed by atoms with Crippen molar-refractivity contribution in [2.45, 2.75) is 12.5 Å². The van der Waals surface area contributed by atoms with Crippen LogP contribution in [0.5, 0.6) is 0 Å². The fourth-order valence-corrected chi connectivity index (χ4v) is 6.24. The van der Waals surface area contributed by atoms with E-state index in [9.17, 15) is 12.8 Å². The normalized spacial score (nSPS) is 21.2. The quantitative estimate of drug-likeness (QED) is 0.649. The fraction of sp³-hybridized carbons (Fsp3) is 0.235. The second kappa shape index (κ2) is 6.78. The number of rotatable bonds is 3. The van der Waals surface area contributed by atoms with E-state index in [0.29, 0.717) is 20.3 Å². The third-order valence-corrected chi connectivity index (χ3v) is 8.38. The van der Waals surface area contributed by atoms with Gasteiger partial charge in [-0.1, -0.05) is 17.7 Å². The van der Waals surface area contributed by atoms with Gasteiger partial charge in [-0.05, 0) is 30.7 Å². The van der Waals surface area contributed by atoms with Crippen molar-refractivity contribution in [2.24, 2.45) is 10.7 Å². The molecule has 1 aromatic carbocycles. The van der Waals surface area contributed by atoms with Gasteiger partial charge >= 0.3 is 0 Å². The van der Waals surface area contributed by atoms with Crippen molar-refractivity contribution in [2.75, 3.05) is 12.8 Å². The average molecular weight is 456 g/mol. The van der Waals surface area contributed by atoms with Crippen LogP contribution >= 0.6 is 22.9 Å². The SMILES string of the molecule is CN1C(N)=N[C@](C)(c2sc(-c3ccc(F)c(-c4nnco4)c3)cc2Cl)CS1(=O)=O. The maximum absolute atomic E-state index is 14.2. The highest BCUT2D eigenvalue weighted by atomic mass is 35.5. The molecule has 3 aromatic rings. The van der Waals surface area contributed by atoms with Gasteiger partial charge in [-0.15, -0.1) is 21.5 Å². The Morgan fingerprint density at radius 3 is 2.79 bits per heavy atom. The zero-order valence-corrected chi connectivity index (χ0v) is 17.6. The first-order valence-electron chi connectivity index (χ1n) is 8.29. The fourth-order valence-electron chi connectivity index (χ4n) is 3.08. The van der Waals surface area contributed by atoms with Gasteiger partial charge in [0, 0.05) is 11.9 Å². The monoisotopic (exact) mass is 455 g/mol. The first-order chi connectivity index (χ1) is 13.6. The Hall–Kier alpha value is -2.50. The molecule has 0 bridgehead atoms. The van der Waals surface area contributed by atoms with Gasteiger partial charge in [0.1, 0.15) is 11.4 Å². The lowest BCUT2D eigenvalue weighted by Gasteiger charge is -2.33. The molecule has 2 N–H and O–H groups in total. The molecule has 0 radical (unpaired) electrons. The van der Waals surface area contributed by atoms with Gasteiger partial charge in [0.05, 0.1) is 21.2 Å². The smallest absolute Gasteiger partial charge is 0.250 e. The van der Waals surface area contributed by atoms with Crippen LogP contribution in [0, 0.1) is 5.82 Å². The van der Waals surface area contributed by atoms with Crippen molar-refractivity contribution in [3.63, 3.8) is 0 Å². The van der Waals surface area contributed by atoms with Gasteiger partial charge in [-0.2, -0.15) is 0 Å². The van der Waals surface area contributed by atoms with Gasteiger partial charge < -0.3 is 10.2 Å². The standard InChI is InChI=1S/C17H15ClFN5O3S2/c1-17(7-29(25,26)24(2)16(20)22-17)14-11(18)6-13(28-14)9-3-4-12(19)10(5-9)15-23-21-8-27-15/h3-6,8H,7H2,1-2H3,(H2,20,22)/t17-/m0/s1. The molecule has 12 heteroatoms. The number of nitrogens with two attached hydrogens (primary N) is 1. The maximum Gasteiger partial charge on any atom is 0.250 e. The molecule has 4 rings (SSSR count). The third kappa shape index (κ3) is 3.38. The summed E-state index contributed by atoms with van der Waals surface area (Å²) in [5, 5.41) is 7.66. The Labute approximate surface area is 174 Å². The highest BCUT2D eigenvalue weighted by molar-refractivity contribution is 7.89. The number of guanidine groups is 1. The molecule has 0 saturated carbocycles. The second-order valence-corrected chi connectivity index (χ2v) is 10.2. The van der Waals surface area contributed by atoms with E-state index >= 15 is 0 Å². The van der Waals surface area contributed by atoms with Crippen molar-refractivity contribution < 1.29 is 17.2 Å². The summed E-state index contributed by atoms with van der Waals surface area (Å²) in [4.78, 5) is 5.63. The van der Waals surface area contributed by atoms with Crippen LogP contribution in [-0.2, 0) is 15.6 Å². The van der Waals surface area contributed by atoms with Crippen molar-refractivity contribution in [1.29, 1.82) is 0 Å². The number of hydrogen-bond acceptors (Lipinski definition) is 8. The van der Waals surface area contributed by atoms with E-state index in [1.165, 1.54) is 24.5 Å². The van der Waals surface area contributed by atoms with E-state index in [0.717, 1.165) is 10.7 Å². The van der Waals surface area contributed by atoms with Crippen molar-refractivity contribution in [3.8, 4) is 21.9 Å². The number of nitrogens with zero attached hydrogens (tertiary/aromatic N) is 4. The Balaban J connectivity index is 1.79. The van der Waals surface area contributed by atoms with E-state index in [1.54, 1.807) is 25.1 Å². The molecule has 29 heavy (non-hydrogen) atoms. The lowest BCUT2D eigenvalue weighted by Crippen LogP contribution is -2.50. The summed E-state index contributed by atoms with van der Waals surface area (Å²) in [6.45, 7) is 1.67. The maximum atomic E-state index is 14.2. The number of aromatic nitrogens is 2. The molecule has 2 aromatic heterocycles. The predicted octanol–water partition coefficient (Wildman–Crippen LogP) is 3.06. The molecule has 0 aliphatic carbocycles. The highest BCUT2D eigenvalue weighted by Gasteiger charge is 2.42. The van der Waals surface area contributed by atoms with Gasteiger partial charge in [-0.25, -0.2) is 22.1 Å². The van der Waals surface area contributed by atoms with Crippen LogP contribution < -0.4 is 5.73 Å². The molecule has 0 spiro atoms. The molecule has 1 atom stereocenters. The summed E-state index contributed by atoms with van der Waals surface area (Å²) in [7, 11) is -2.28. The number of aliphatic imine (C=N–C) groups is 1. The zero-order chi connectivity index (χ0) is 21.0. The molecule has 152 valence electrons. The summed E-state index contributed by atoms with van der Waals surface area (Å²) >= 11 is 7.71. The molecule has 1 aliphatic heterocycles. The average Bonchev–Trinajstić information content (AvgIpc) is 3.30. The molecule has 0 fully saturated rings. The minimum atomic E-state index is -3.63. The second-order valence-electron chi connectivity index (χ2n) is 6.69. The molecule has 1 aliphatic rings. The molecule has 0 saturated heterocycles. The number of thiophene rings is 1. The molecule has 0 unspecified atom stereocenters. The number of benzene rings is 1.